The highest BCUT2D eigenvalue weighted by molar-refractivity contribution is 7.91. The number of amides is 1. The second-order valence-corrected chi connectivity index (χ2v) is 12.1. The van der Waals surface area contributed by atoms with Crippen molar-refractivity contribution in [2.24, 2.45) is 0 Å². The molecule has 3 aromatic rings. The molecule has 5 rings (SSSR count). The number of ether oxygens (including phenoxy) is 1. The van der Waals surface area contributed by atoms with E-state index in [9.17, 15) is 22.0 Å². The number of benzene rings is 1. The first-order chi connectivity index (χ1) is 15.8. The lowest BCUT2D eigenvalue weighted by atomic mass is 10.2. The van der Waals surface area contributed by atoms with E-state index in [0.29, 0.717) is 19.4 Å². The number of aromatic nitrogens is 1. The van der Waals surface area contributed by atoms with Crippen LogP contribution in [0.15, 0.2) is 33.9 Å². The molecule has 0 radical (unpaired) electrons. The van der Waals surface area contributed by atoms with Crippen molar-refractivity contribution in [3.8, 4) is 0 Å². The summed E-state index contributed by atoms with van der Waals surface area (Å²) in [6.07, 6.45) is 2.30. The molecule has 0 saturated carbocycles. The molecule has 0 spiro atoms. The van der Waals surface area contributed by atoms with Gasteiger partial charge in [0, 0.05) is 19.2 Å². The van der Waals surface area contributed by atoms with Gasteiger partial charge in [-0.1, -0.05) is 17.4 Å². The molecule has 12 heteroatoms. The molecule has 7 nitrogen and oxygen atoms in total. The Bertz CT molecular complexity index is 1270. The number of halogens is 2. The Hall–Kier alpha value is -1.99. The molecule has 176 valence electrons. The number of nitrogens with zero attached hydrogens (tertiary/aromatic N) is 3. The van der Waals surface area contributed by atoms with Gasteiger partial charge < -0.3 is 4.74 Å². The standard InChI is InChI=1S/C21H21F2N3O4S3/c22-13-10-15(23)19-17(11-13)32-21(24-19)25(12-14-4-2-8-30-14)20(27)16-5-1-7-26(16)33(28,29)18-6-3-9-31-18/h3,6,9-11,14,16H,1-2,4-5,7-8,12H2. The van der Waals surface area contributed by atoms with Crippen molar-refractivity contribution in [3.05, 3.63) is 41.3 Å². The average molecular weight is 514 g/mol. The molecule has 1 amide bonds. The van der Waals surface area contributed by atoms with E-state index in [1.807, 2.05) is 0 Å². The number of fused-ring (bicyclic) bond motifs is 1. The SMILES string of the molecule is O=C(C1CCCN1S(=O)(=O)c1cccs1)N(CC1CCCO1)c1nc2c(F)cc(F)cc2s1. The Kier molecular flexibility index (Phi) is 6.21. The van der Waals surface area contributed by atoms with Gasteiger partial charge in [0.05, 0.1) is 17.3 Å². The number of thiazole rings is 1. The number of carbonyl (C=O) groups excluding carboxylic acids is 1. The fourth-order valence-electron chi connectivity index (χ4n) is 4.30. The van der Waals surface area contributed by atoms with Gasteiger partial charge in [0.15, 0.2) is 10.9 Å². The van der Waals surface area contributed by atoms with E-state index in [4.69, 9.17) is 4.74 Å². The quantitative estimate of drug-likeness (QED) is 0.498. The highest BCUT2D eigenvalue weighted by Gasteiger charge is 2.43. The number of sulfonamides is 1. The lowest BCUT2D eigenvalue weighted by molar-refractivity contribution is -0.122. The minimum atomic E-state index is -3.82. The minimum absolute atomic E-state index is 0.0176. The van der Waals surface area contributed by atoms with Crippen LogP contribution >= 0.6 is 22.7 Å². The first-order valence-electron chi connectivity index (χ1n) is 10.6. The van der Waals surface area contributed by atoms with Crippen LogP contribution in [0.2, 0.25) is 0 Å². The first kappa shape index (κ1) is 22.8. The van der Waals surface area contributed by atoms with Crippen molar-refractivity contribution < 1.29 is 26.7 Å². The van der Waals surface area contributed by atoms with Crippen LogP contribution in [0, 0.1) is 11.6 Å². The fraction of sp³-hybridized carbons (Fsp3) is 0.429. The Morgan fingerprint density at radius 1 is 1.27 bits per heavy atom. The van der Waals surface area contributed by atoms with Crippen molar-refractivity contribution in [3.63, 3.8) is 0 Å². The lowest BCUT2D eigenvalue weighted by Crippen LogP contribution is -2.49. The number of thiophene rings is 1. The smallest absolute Gasteiger partial charge is 0.253 e. The molecule has 0 aliphatic carbocycles. The molecular weight excluding hydrogens is 492 g/mol. The van der Waals surface area contributed by atoms with Gasteiger partial charge in [0.2, 0.25) is 5.91 Å². The molecule has 1 aromatic carbocycles. The summed E-state index contributed by atoms with van der Waals surface area (Å²) in [7, 11) is -3.82. The normalized spacial score (nSPS) is 21.8. The zero-order chi connectivity index (χ0) is 23.2. The second-order valence-electron chi connectivity index (χ2n) is 8.02. The van der Waals surface area contributed by atoms with E-state index in [0.717, 1.165) is 41.6 Å². The van der Waals surface area contributed by atoms with Crippen LogP contribution < -0.4 is 4.90 Å². The van der Waals surface area contributed by atoms with Crippen LogP contribution in [0.4, 0.5) is 13.9 Å². The summed E-state index contributed by atoms with van der Waals surface area (Å²) in [5.74, 6) is -1.96. The highest BCUT2D eigenvalue weighted by Crippen LogP contribution is 2.35. The molecular formula is C21H21F2N3O4S3. The topological polar surface area (TPSA) is 79.8 Å². The fourth-order valence-corrected chi connectivity index (χ4v) is 8.09. The lowest BCUT2D eigenvalue weighted by Gasteiger charge is -2.29. The second kappa shape index (κ2) is 8.99. The molecule has 2 saturated heterocycles. The zero-order valence-electron chi connectivity index (χ0n) is 17.4. The van der Waals surface area contributed by atoms with Gasteiger partial charge in [0.1, 0.15) is 21.6 Å². The Morgan fingerprint density at radius 3 is 2.85 bits per heavy atom. The van der Waals surface area contributed by atoms with Crippen LogP contribution in [0.5, 0.6) is 0 Å². The van der Waals surface area contributed by atoms with Gasteiger partial charge in [-0.15, -0.1) is 11.3 Å². The maximum Gasteiger partial charge on any atom is 0.253 e. The van der Waals surface area contributed by atoms with Gasteiger partial charge in [-0.05, 0) is 43.2 Å². The van der Waals surface area contributed by atoms with Crippen molar-refractivity contribution in [2.45, 2.75) is 42.0 Å². The predicted octanol–water partition coefficient (Wildman–Crippen LogP) is 4.00. The van der Waals surface area contributed by atoms with Crippen LogP contribution in [0.25, 0.3) is 10.2 Å². The van der Waals surface area contributed by atoms with Crippen LogP contribution in [0.3, 0.4) is 0 Å². The third-order valence-corrected chi connectivity index (χ3v) is 10.2. The molecule has 2 aliphatic rings. The molecule has 2 fully saturated rings. The van der Waals surface area contributed by atoms with E-state index in [1.165, 1.54) is 21.3 Å². The van der Waals surface area contributed by atoms with Gasteiger partial charge in [0.25, 0.3) is 10.0 Å². The number of anilines is 1. The molecule has 2 atom stereocenters. The monoisotopic (exact) mass is 513 g/mol. The number of hydrogen-bond donors (Lipinski definition) is 0. The maximum absolute atomic E-state index is 14.3. The molecule has 0 bridgehead atoms. The van der Waals surface area contributed by atoms with Gasteiger partial charge in [-0.2, -0.15) is 4.31 Å². The number of carbonyl (C=O) groups is 1. The summed E-state index contributed by atoms with van der Waals surface area (Å²) >= 11 is 2.11. The van der Waals surface area contributed by atoms with Crippen molar-refractivity contribution in [1.29, 1.82) is 0 Å². The Labute approximate surface area is 197 Å². The van der Waals surface area contributed by atoms with Crippen molar-refractivity contribution in [2.75, 3.05) is 24.6 Å². The molecule has 2 unspecified atom stereocenters. The molecule has 4 heterocycles. The van der Waals surface area contributed by atoms with Gasteiger partial charge in [-0.3, -0.25) is 9.69 Å². The molecule has 2 aliphatic heterocycles. The minimum Gasteiger partial charge on any atom is -0.376 e. The third kappa shape index (κ3) is 4.30. The van der Waals surface area contributed by atoms with E-state index in [2.05, 4.69) is 4.98 Å². The van der Waals surface area contributed by atoms with E-state index in [-0.39, 0.29) is 38.8 Å². The summed E-state index contributed by atoms with van der Waals surface area (Å²) in [6.45, 7) is 0.991. The molecule has 2 aromatic heterocycles. The molecule has 0 N–H and O–H groups in total. The van der Waals surface area contributed by atoms with Gasteiger partial charge in [-0.25, -0.2) is 22.2 Å². The predicted molar refractivity (Wildman–Crippen MR) is 122 cm³/mol. The number of rotatable bonds is 6. The summed E-state index contributed by atoms with van der Waals surface area (Å²) in [4.78, 5) is 19.4. The van der Waals surface area contributed by atoms with Crippen LogP contribution in [-0.2, 0) is 19.6 Å². The van der Waals surface area contributed by atoms with Gasteiger partial charge >= 0.3 is 0 Å². The zero-order valence-corrected chi connectivity index (χ0v) is 19.9. The largest absolute Gasteiger partial charge is 0.376 e. The summed E-state index contributed by atoms with van der Waals surface area (Å²) < 4.78 is 61.8. The highest BCUT2D eigenvalue weighted by atomic mass is 32.2. The maximum atomic E-state index is 14.3. The van der Waals surface area contributed by atoms with E-state index in [1.54, 1.807) is 11.4 Å². The summed E-state index contributed by atoms with van der Waals surface area (Å²) in [6, 6.07) is 4.21. The van der Waals surface area contributed by atoms with Crippen molar-refractivity contribution >= 4 is 54.0 Å². The summed E-state index contributed by atoms with van der Waals surface area (Å²) in [5.41, 5.74) is -0.0176. The Morgan fingerprint density at radius 2 is 2.12 bits per heavy atom. The number of hydrogen-bond acceptors (Lipinski definition) is 7. The van der Waals surface area contributed by atoms with Crippen LogP contribution in [-0.4, -0.2) is 55.5 Å². The van der Waals surface area contributed by atoms with E-state index >= 15 is 0 Å². The third-order valence-electron chi connectivity index (χ3n) is 5.86. The summed E-state index contributed by atoms with van der Waals surface area (Å²) in [5, 5.41) is 1.88. The Balaban J connectivity index is 1.51. The van der Waals surface area contributed by atoms with E-state index < -0.39 is 33.6 Å². The van der Waals surface area contributed by atoms with Crippen molar-refractivity contribution in [1.82, 2.24) is 9.29 Å². The van der Waals surface area contributed by atoms with Crippen LogP contribution in [0.1, 0.15) is 25.7 Å². The first-order valence-corrected chi connectivity index (χ1v) is 13.7. The molecule has 33 heavy (non-hydrogen) atoms. The average Bonchev–Trinajstić information content (AvgIpc) is 3.57.